The van der Waals surface area contributed by atoms with Crippen molar-refractivity contribution in [2.75, 3.05) is 0 Å². The Morgan fingerprint density at radius 1 is 1.47 bits per heavy atom. The van der Waals surface area contributed by atoms with Gasteiger partial charge in [0.2, 0.25) is 0 Å². The van der Waals surface area contributed by atoms with E-state index in [0.717, 1.165) is 20.8 Å². The van der Waals surface area contributed by atoms with Gasteiger partial charge in [0, 0.05) is 28.4 Å². The summed E-state index contributed by atoms with van der Waals surface area (Å²) in [5.41, 5.74) is 1.23. The number of benzene rings is 1. The highest BCUT2D eigenvalue weighted by atomic mass is 79.9. The summed E-state index contributed by atoms with van der Waals surface area (Å²) in [6, 6.07) is 8.19. The molecular formula is C13H12BrNOS. The van der Waals surface area contributed by atoms with Crippen LogP contribution in [0.25, 0.3) is 0 Å². The van der Waals surface area contributed by atoms with Gasteiger partial charge in [0.1, 0.15) is 5.78 Å². The highest BCUT2D eigenvalue weighted by molar-refractivity contribution is 9.10. The van der Waals surface area contributed by atoms with Gasteiger partial charge in [-0.25, -0.2) is 4.98 Å². The molecule has 1 aromatic carbocycles. The average Bonchev–Trinajstić information content (AvgIpc) is 2.64. The van der Waals surface area contributed by atoms with E-state index in [1.165, 1.54) is 5.56 Å². The van der Waals surface area contributed by atoms with E-state index in [4.69, 9.17) is 0 Å². The van der Waals surface area contributed by atoms with E-state index in [0.29, 0.717) is 6.42 Å². The second kappa shape index (κ2) is 5.56. The summed E-state index contributed by atoms with van der Waals surface area (Å²) in [7, 11) is 0. The van der Waals surface area contributed by atoms with Gasteiger partial charge >= 0.3 is 0 Å². The van der Waals surface area contributed by atoms with E-state index in [-0.39, 0.29) is 5.78 Å². The zero-order chi connectivity index (χ0) is 12.3. The Morgan fingerprint density at radius 3 is 3.00 bits per heavy atom. The lowest BCUT2D eigenvalue weighted by Crippen LogP contribution is -1.92. The van der Waals surface area contributed by atoms with Crippen LogP contribution >= 0.6 is 27.3 Å². The molecule has 1 heterocycles. The van der Waals surface area contributed by atoms with E-state index in [1.807, 2.05) is 12.1 Å². The van der Waals surface area contributed by atoms with E-state index < -0.39 is 0 Å². The maximum Gasteiger partial charge on any atom is 0.135 e. The van der Waals surface area contributed by atoms with Crippen LogP contribution in [0.2, 0.25) is 0 Å². The number of aromatic nitrogens is 1. The third-order valence-corrected chi connectivity index (χ3v) is 3.76. The first-order valence-electron chi connectivity index (χ1n) is 5.31. The molecule has 0 saturated carbocycles. The molecule has 2 rings (SSSR count). The molecular weight excluding hydrogens is 298 g/mol. The Hall–Kier alpha value is -1.000. The number of ketones is 1. The fourth-order valence-electron chi connectivity index (χ4n) is 1.58. The van der Waals surface area contributed by atoms with Crippen LogP contribution in [0.3, 0.4) is 0 Å². The van der Waals surface area contributed by atoms with Crippen molar-refractivity contribution in [2.45, 2.75) is 19.8 Å². The highest BCUT2D eigenvalue weighted by Gasteiger charge is 2.05. The number of Topliss-reactive ketones (excluding diaryl/α,β-unsaturated/α-hetero) is 1. The van der Waals surface area contributed by atoms with Crippen LogP contribution in [0.1, 0.15) is 22.4 Å². The molecule has 0 radical (unpaired) electrons. The van der Waals surface area contributed by atoms with Crippen LogP contribution in [0.5, 0.6) is 0 Å². The first-order valence-corrected chi connectivity index (χ1v) is 6.92. The number of nitrogens with zero attached hydrogens (tertiary/aromatic N) is 1. The molecule has 2 aromatic rings. The monoisotopic (exact) mass is 309 g/mol. The zero-order valence-electron chi connectivity index (χ0n) is 9.44. The molecule has 0 N–H and O–H groups in total. The molecule has 2 nitrogen and oxygen atoms in total. The molecule has 4 heteroatoms. The number of thiazole rings is 1. The Morgan fingerprint density at radius 2 is 2.29 bits per heavy atom. The van der Waals surface area contributed by atoms with Crippen LogP contribution in [0.15, 0.2) is 34.9 Å². The fraction of sp³-hybridized carbons (Fsp3) is 0.231. The molecule has 0 fully saturated rings. The van der Waals surface area contributed by atoms with E-state index >= 15 is 0 Å². The number of halogens is 1. The minimum absolute atomic E-state index is 0.183. The minimum atomic E-state index is 0.183. The molecule has 0 atom stereocenters. The average molecular weight is 310 g/mol. The summed E-state index contributed by atoms with van der Waals surface area (Å²) in [5, 5.41) is 1.05. The predicted octanol–water partition coefficient (Wildman–Crippen LogP) is 3.63. The van der Waals surface area contributed by atoms with Crippen LogP contribution in [0, 0.1) is 0 Å². The molecule has 0 saturated heterocycles. The standard InChI is InChI=1S/C13H12BrNOS/c1-9(16)5-12-8-15-13(17-12)7-10-3-2-4-11(14)6-10/h2-4,6,8H,5,7H2,1H3. The Kier molecular flexibility index (Phi) is 4.07. The van der Waals surface area contributed by atoms with Gasteiger partial charge in [-0.05, 0) is 24.6 Å². The number of carbonyl (C=O) groups is 1. The van der Waals surface area contributed by atoms with Crippen molar-refractivity contribution in [3.8, 4) is 0 Å². The van der Waals surface area contributed by atoms with Gasteiger partial charge in [0.15, 0.2) is 0 Å². The Balaban J connectivity index is 2.08. The molecule has 0 spiro atoms. The normalized spacial score (nSPS) is 10.5. The maximum absolute atomic E-state index is 11.0. The van der Waals surface area contributed by atoms with E-state index in [2.05, 4.69) is 33.0 Å². The molecule has 1 aromatic heterocycles. The zero-order valence-corrected chi connectivity index (χ0v) is 11.8. The minimum Gasteiger partial charge on any atom is -0.300 e. The van der Waals surface area contributed by atoms with Crippen LogP contribution in [-0.2, 0) is 17.6 Å². The van der Waals surface area contributed by atoms with Gasteiger partial charge in [0.05, 0.1) is 5.01 Å². The smallest absolute Gasteiger partial charge is 0.135 e. The molecule has 0 aliphatic carbocycles. The van der Waals surface area contributed by atoms with Crippen molar-refractivity contribution in [1.82, 2.24) is 4.98 Å². The first kappa shape index (κ1) is 12.5. The molecule has 17 heavy (non-hydrogen) atoms. The van der Waals surface area contributed by atoms with E-state index in [9.17, 15) is 4.79 Å². The molecule has 0 unspecified atom stereocenters. The number of carbonyl (C=O) groups excluding carboxylic acids is 1. The summed E-state index contributed by atoms with van der Waals surface area (Å²) in [5.74, 6) is 0.183. The first-order chi connectivity index (χ1) is 8.13. The van der Waals surface area contributed by atoms with Gasteiger partial charge in [-0.3, -0.25) is 4.79 Å². The second-order valence-corrected chi connectivity index (χ2v) is 6.02. The SMILES string of the molecule is CC(=O)Cc1cnc(Cc2cccc(Br)c2)s1. The summed E-state index contributed by atoms with van der Waals surface area (Å²) < 4.78 is 1.08. The van der Waals surface area contributed by atoms with Crippen LogP contribution < -0.4 is 0 Å². The summed E-state index contributed by atoms with van der Waals surface area (Å²) in [4.78, 5) is 16.4. The fourth-order valence-corrected chi connectivity index (χ4v) is 3.05. The van der Waals surface area contributed by atoms with Crippen LogP contribution in [-0.4, -0.2) is 10.8 Å². The second-order valence-electron chi connectivity index (χ2n) is 3.91. The molecule has 0 amide bonds. The number of hydrogen-bond donors (Lipinski definition) is 0. The van der Waals surface area contributed by atoms with Crippen molar-refractivity contribution in [2.24, 2.45) is 0 Å². The van der Waals surface area contributed by atoms with Crippen molar-refractivity contribution in [1.29, 1.82) is 0 Å². The van der Waals surface area contributed by atoms with Crippen molar-refractivity contribution < 1.29 is 4.79 Å². The van der Waals surface area contributed by atoms with Crippen molar-refractivity contribution in [3.63, 3.8) is 0 Å². The number of rotatable bonds is 4. The molecule has 0 bridgehead atoms. The van der Waals surface area contributed by atoms with Gasteiger partial charge < -0.3 is 0 Å². The third-order valence-electron chi connectivity index (χ3n) is 2.27. The lowest BCUT2D eigenvalue weighted by atomic mass is 10.2. The van der Waals surface area contributed by atoms with Crippen molar-refractivity contribution in [3.05, 3.63) is 50.4 Å². The van der Waals surface area contributed by atoms with Crippen molar-refractivity contribution >= 4 is 33.0 Å². The third kappa shape index (κ3) is 3.75. The lowest BCUT2D eigenvalue weighted by Gasteiger charge is -1.98. The summed E-state index contributed by atoms with van der Waals surface area (Å²) in [6.07, 6.45) is 3.12. The van der Waals surface area contributed by atoms with Gasteiger partial charge in [0.25, 0.3) is 0 Å². The Bertz CT molecular complexity index is 536. The van der Waals surface area contributed by atoms with Gasteiger partial charge in [-0.1, -0.05) is 28.1 Å². The maximum atomic E-state index is 11.0. The summed E-state index contributed by atoms with van der Waals surface area (Å²) in [6.45, 7) is 1.60. The predicted molar refractivity (Wildman–Crippen MR) is 73.4 cm³/mol. The number of hydrogen-bond acceptors (Lipinski definition) is 3. The quantitative estimate of drug-likeness (QED) is 0.863. The molecule has 0 aliphatic heterocycles. The summed E-state index contributed by atoms with van der Waals surface area (Å²) >= 11 is 5.07. The molecule has 88 valence electrons. The largest absolute Gasteiger partial charge is 0.300 e. The Labute approximate surface area is 113 Å². The molecule has 0 aliphatic rings. The van der Waals surface area contributed by atoms with Gasteiger partial charge in [-0.15, -0.1) is 11.3 Å². The van der Waals surface area contributed by atoms with E-state index in [1.54, 1.807) is 24.5 Å². The highest BCUT2D eigenvalue weighted by Crippen LogP contribution is 2.19. The lowest BCUT2D eigenvalue weighted by molar-refractivity contribution is -0.116. The van der Waals surface area contributed by atoms with Gasteiger partial charge in [-0.2, -0.15) is 0 Å². The topological polar surface area (TPSA) is 30.0 Å². The van der Waals surface area contributed by atoms with Crippen LogP contribution in [0.4, 0.5) is 0 Å².